The first-order chi connectivity index (χ1) is 9.60. The summed E-state index contributed by atoms with van der Waals surface area (Å²) in [6.45, 7) is 1.99. The van der Waals surface area contributed by atoms with Crippen LogP contribution in [0.4, 0.5) is 0 Å². The second-order valence-corrected chi connectivity index (χ2v) is 3.98. The van der Waals surface area contributed by atoms with E-state index in [9.17, 15) is 15.0 Å². The Morgan fingerprint density at radius 2 is 2.30 bits per heavy atom. The molecule has 0 aliphatic rings. The van der Waals surface area contributed by atoms with Crippen LogP contribution in [0.15, 0.2) is 23.6 Å². The number of azide groups is 1. The molecule has 8 heteroatoms. The van der Waals surface area contributed by atoms with E-state index < -0.39 is 18.2 Å². The monoisotopic (exact) mass is 280 g/mol. The number of hydrogen-bond acceptors (Lipinski definition) is 6. The Morgan fingerprint density at radius 1 is 1.55 bits per heavy atom. The predicted molar refractivity (Wildman–Crippen MR) is 69.8 cm³/mol. The average molecular weight is 280 g/mol. The van der Waals surface area contributed by atoms with E-state index >= 15 is 0 Å². The van der Waals surface area contributed by atoms with E-state index in [-0.39, 0.29) is 25.1 Å². The maximum absolute atomic E-state index is 11.5. The van der Waals surface area contributed by atoms with Gasteiger partial charge in [-0.25, -0.2) is 4.79 Å². The third kappa shape index (κ3) is 4.51. The minimum Gasteiger partial charge on any atom is -0.462 e. The maximum atomic E-state index is 11.5. The Morgan fingerprint density at radius 3 is 2.95 bits per heavy atom. The molecule has 1 aromatic rings. The van der Waals surface area contributed by atoms with Crippen molar-refractivity contribution >= 4 is 5.97 Å². The molecule has 1 aromatic heterocycles. The lowest BCUT2D eigenvalue weighted by Crippen LogP contribution is -2.20. The number of hydrogen-bond donors (Lipinski definition) is 2. The molecule has 1 heterocycles. The Balaban J connectivity index is 2.77. The van der Waals surface area contributed by atoms with Gasteiger partial charge in [0.25, 0.3) is 0 Å². The van der Waals surface area contributed by atoms with Gasteiger partial charge in [0.1, 0.15) is 6.10 Å². The van der Waals surface area contributed by atoms with Crippen LogP contribution in [0.1, 0.15) is 35.4 Å². The van der Waals surface area contributed by atoms with E-state index in [2.05, 4.69) is 15.0 Å². The van der Waals surface area contributed by atoms with Crippen LogP contribution in [-0.4, -0.2) is 40.4 Å². The summed E-state index contributed by atoms with van der Waals surface area (Å²) in [6, 6.07) is 1.41. The molecule has 0 radical (unpaired) electrons. The van der Waals surface area contributed by atoms with Crippen molar-refractivity contribution in [1.29, 1.82) is 0 Å². The van der Waals surface area contributed by atoms with Crippen LogP contribution in [0.2, 0.25) is 0 Å². The fourth-order valence-corrected chi connectivity index (χ4v) is 1.56. The predicted octanol–water partition coefficient (Wildman–Crippen LogP) is 1.35. The summed E-state index contributed by atoms with van der Waals surface area (Å²) in [5, 5.41) is 23.0. The number of esters is 1. The molecule has 1 rings (SSSR count). The molecule has 2 N–H and O–H groups in total. The van der Waals surface area contributed by atoms with Crippen molar-refractivity contribution in [3.05, 3.63) is 40.0 Å². The van der Waals surface area contributed by atoms with E-state index in [1.165, 1.54) is 18.5 Å². The molecule has 2 unspecified atom stereocenters. The normalized spacial score (nSPS) is 13.2. The molecule has 0 fully saturated rings. The Kier molecular flexibility index (Phi) is 6.45. The number of aliphatic hydroxyl groups excluding tert-OH is 2. The van der Waals surface area contributed by atoms with Crippen LogP contribution in [0.5, 0.6) is 0 Å². The van der Waals surface area contributed by atoms with Gasteiger partial charge in [0.2, 0.25) is 0 Å². The second-order valence-electron chi connectivity index (χ2n) is 3.98. The van der Waals surface area contributed by atoms with Gasteiger partial charge in [-0.1, -0.05) is 5.11 Å². The highest BCUT2D eigenvalue weighted by atomic mass is 16.5. The fraction of sp³-hybridized carbons (Fsp3) is 0.500. The molecule has 0 saturated heterocycles. The third-order valence-electron chi connectivity index (χ3n) is 2.56. The summed E-state index contributed by atoms with van der Waals surface area (Å²) in [7, 11) is 0. The Bertz CT molecular complexity index is 502. The second kappa shape index (κ2) is 8.11. The Hall–Kier alpha value is -2.15. The van der Waals surface area contributed by atoms with Gasteiger partial charge in [-0.05, 0) is 24.9 Å². The molecule has 0 spiro atoms. The van der Waals surface area contributed by atoms with Gasteiger partial charge in [0, 0.05) is 29.4 Å². The molecule has 20 heavy (non-hydrogen) atoms. The van der Waals surface area contributed by atoms with Crippen LogP contribution < -0.4 is 0 Å². The lowest BCUT2D eigenvalue weighted by atomic mass is 10.0. The first-order valence-electron chi connectivity index (χ1n) is 6.09. The summed E-state index contributed by atoms with van der Waals surface area (Å²) < 4.78 is 4.82. The van der Waals surface area contributed by atoms with Gasteiger partial charge < -0.3 is 14.9 Å². The number of nitrogens with zero attached hydrogens (tertiary/aromatic N) is 4. The quantitative estimate of drug-likeness (QED) is 0.337. The van der Waals surface area contributed by atoms with Crippen molar-refractivity contribution in [2.75, 3.05) is 13.2 Å². The number of aliphatic hydroxyl groups is 2. The van der Waals surface area contributed by atoms with Gasteiger partial charge >= 0.3 is 5.97 Å². The van der Waals surface area contributed by atoms with E-state index in [0.717, 1.165) is 0 Å². The zero-order chi connectivity index (χ0) is 15.0. The molecule has 8 nitrogen and oxygen atoms in total. The first-order valence-corrected chi connectivity index (χ1v) is 6.09. The largest absolute Gasteiger partial charge is 0.462 e. The topological polar surface area (TPSA) is 128 Å². The van der Waals surface area contributed by atoms with Crippen LogP contribution in [0.3, 0.4) is 0 Å². The van der Waals surface area contributed by atoms with Crippen molar-refractivity contribution in [2.24, 2.45) is 5.11 Å². The van der Waals surface area contributed by atoms with Gasteiger partial charge in [-0.15, -0.1) is 0 Å². The summed E-state index contributed by atoms with van der Waals surface area (Å²) in [6.07, 6.45) is 0.449. The number of aromatic nitrogens is 1. The first kappa shape index (κ1) is 15.9. The van der Waals surface area contributed by atoms with Crippen LogP contribution in [-0.2, 0) is 4.74 Å². The van der Waals surface area contributed by atoms with Gasteiger partial charge in [-0.2, -0.15) is 0 Å². The van der Waals surface area contributed by atoms with Crippen LogP contribution in [0.25, 0.3) is 10.4 Å². The molecular formula is C12H16N4O4. The maximum Gasteiger partial charge on any atom is 0.339 e. The van der Waals surface area contributed by atoms with Crippen LogP contribution in [0, 0.1) is 0 Å². The standard InChI is InChI=1S/C12H16N4O4/c1-2-20-12(19)9-5-8(6-14-7-9)11(18)10(17)3-4-15-16-13/h5-7,10-11,17-18H,2-4H2,1H3. The van der Waals surface area contributed by atoms with Crippen LogP contribution >= 0.6 is 0 Å². The minimum absolute atomic E-state index is 0.0692. The molecule has 0 aromatic carbocycles. The smallest absolute Gasteiger partial charge is 0.339 e. The summed E-state index contributed by atoms with van der Waals surface area (Å²) in [5.41, 5.74) is 8.63. The number of carbonyl (C=O) groups excluding carboxylic acids is 1. The molecule has 0 aliphatic carbocycles. The SMILES string of the molecule is CCOC(=O)c1cncc(C(O)C(O)CCN=[N+]=[N-])c1. The number of rotatable bonds is 7. The molecule has 2 atom stereocenters. The molecule has 108 valence electrons. The van der Waals surface area contributed by atoms with Gasteiger partial charge in [0.05, 0.1) is 18.3 Å². The minimum atomic E-state index is -1.22. The average Bonchev–Trinajstić information content (AvgIpc) is 2.47. The Labute approximate surface area is 115 Å². The highest BCUT2D eigenvalue weighted by Crippen LogP contribution is 2.19. The van der Waals surface area contributed by atoms with Crippen molar-refractivity contribution in [2.45, 2.75) is 25.6 Å². The van der Waals surface area contributed by atoms with E-state index in [4.69, 9.17) is 10.3 Å². The highest BCUT2D eigenvalue weighted by Gasteiger charge is 2.19. The van der Waals surface area contributed by atoms with Crippen molar-refractivity contribution in [3.8, 4) is 0 Å². The molecule has 0 saturated carbocycles. The molecule has 0 aliphatic heterocycles. The van der Waals surface area contributed by atoms with Crippen molar-refractivity contribution in [3.63, 3.8) is 0 Å². The van der Waals surface area contributed by atoms with E-state index in [1.54, 1.807) is 6.92 Å². The van der Waals surface area contributed by atoms with E-state index in [1.807, 2.05) is 0 Å². The molecule has 0 amide bonds. The zero-order valence-corrected chi connectivity index (χ0v) is 11.0. The van der Waals surface area contributed by atoms with E-state index in [0.29, 0.717) is 5.56 Å². The van der Waals surface area contributed by atoms with Crippen molar-refractivity contribution in [1.82, 2.24) is 4.98 Å². The van der Waals surface area contributed by atoms with Gasteiger partial charge in [0.15, 0.2) is 0 Å². The zero-order valence-electron chi connectivity index (χ0n) is 11.0. The van der Waals surface area contributed by atoms with Gasteiger partial charge in [-0.3, -0.25) is 4.98 Å². The fourth-order valence-electron chi connectivity index (χ4n) is 1.56. The number of pyridine rings is 1. The van der Waals surface area contributed by atoms with Crippen molar-refractivity contribution < 1.29 is 19.7 Å². The highest BCUT2D eigenvalue weighted by molar-refractivity contribution is 5.89. The lowest BCUT2D eigenvalue weighted by molar-refractivity contribution is 0.0147. The molecule has 0 bridgehead atoms. The summed E-state index contributed by atoms with van der Waals surface area (Å²) in [5.74, 6) is -0.544. The summed E-state index contributed by atoms with van der Waals surface area (Å²) in [4.78, 5) is 17.9. The lowest BCUT2D eigenvalue weighted by Gasteiger charge is -2.17. The number of ether oxygens (including phenoxy) is 1. The third-order valence-corrected chi connectivity index (χ3v) is 2.56. The molecular weight excluding hydrogens is 264 g/mol. The number of carbonyl (C=O) groups is 1. The summed E-state index contributed by atoms with van der Waals surface area (Å²) >= 11 is 0.